The second-order valence-corrected chi connectivity index (χ2v) is 6.21. The van der Waals surface area contributed by atoms with Crippen LogP contribution in [-0.2, 0) is 6.54 Å². The van der Waals surface area contributed by atoms with Gasteiger partial charge in [0.2, 0.25) is 0 Å². The van der Waals surface area contributed by atoms with Crippen molar-refractivity contribution in [1.82, 2.24) is 5.32 Å². The van der Waals surface area contributed by atoms with E-state index in [1.165, 1.54) is 18.9 Å². The van der Waals surface area contributed by atoms with Crippen molar-refractivity contribution >= 4 is 15.9 Å². The standard InChI is InChI=1S/C14H19BrFN/c1-10(2)14(5-6-14)9-17-8-11-7-12(16)3-4-13(11)15/h3-4,7,10,17H,5-6,8-9H2,1-2H3. The van der Waals surface area contributed by atoms with E-state index in [-0.39, 0.29) is 5.82 Å². The first-order valence-corrected chi connectivity index (χ1v) is 6.97. The summed E-state index contributed by atoms with van der Waals surface area (Å²) in [5.74, 6) is 0.556. The van der Waals surface area contributed by atoms with Crippen LogP contribution in [0.15, 0.2) is 22.7 Å². The summed E-state index contributed by atoms with van der Waals surface area (Å²) in [7, 11) is 0. The van der Waals surface area contributed by atoms with Crippen molar-refractivity contribution in [3.63, 3.8) is 0 Å². The van der Waals surface area contributed by atoms with Gasteiger partial charge < -0.3 is 5.32 Å². The van der Waals surface area contributed by atoms with E-state index < -0.39 is 0 Å². The molecule has 0 aromatic heterocycles. The van der Waals surface area contributed by atoms with Gasteiger partial charge in [0.1, 0.15) is 5.82 Å². The van der Waals surface area contributed by atoms with Crippen molar-refractivity contribution in [1.29, 1.82) is 0 Å². The lowest BCUT2D eigenvalue weighted by Crippen LogP contribution is -2.27. The highest BCUT2D eigenvalue weighted by Gasteiger charge is 2.44. The third-order valence-corrected chi connectivity index (χ3v) is 4.69. The largest absolute Gasteiger partial charge is 0.312 e. The van der Waals surface area contributed by atoms with Gasteiger partial charge in [-0.15, -0.1) is 0 Å². The van der Waals surface area contributed by atoms with Crippen LogP contribution < -0.4 is 5.32 Å². The Kier molecular flexibility index (Phi) is 3.88. The molecule has 0 aliphatic heterocycles. The van der Waals surface area contributed by atoms with Crippen molar-refractivity contribution in [2.45, 2.75) is 33.2 Å². The van der Waals surface area contributed by atoms with Crippen LogP contribution in [0.2, 0.25) is 0 Å². The third kappa shape index (κ3) is 3.08. The molecule has 0 heterocycles. The number of rotatable bonds is 5. The number of halogens is 2. The van der Waals surface area contributed by atoms with Crippen molar-refractivity contribution < 1.29 is 4.39 Å². The maximum Gasteiger partial charge on any atom is 0.123 e. The Hall–Kier alpha value is -0.410. The van der Waals surface area contributed by atoms with Crippen molar-refractivity contribution in [3.8, 4) is 0 Å². The fourth-order valence-electron chi connectivity index (χ4n) is 2.24. The van der Waals surface area contributed by atoms with Gasteiger partial charge >= 0.3 is 0 Å². The molecular formula is C14H19BrFN. The Balaban J connectivity index is 1.88. The van der Waals surface area contributed by atoms with Gasteiger partial charge in [0.05, 0.1) is 0 Å². The van der Waals surface area contributed by atoms with Crippen LogP contribution >= 0.6 is 15.9 Å². The summed E-state index contributed by atoms with van der Waals surface area (Å²) >= 11 is 3.45. The Morgan fingerprint density at radius 3 is 2.71 bits per heavy atom. The summed E-state index contributed by atoms with van der Waals surface area (Å²) < 4.78 is 14.1. The smallest absolute Gasteiger partial charge is 0.123 e. The highest BCUT2D eigenvalue weighted by molar-refractivity contribution is 9.10. The zero-order chi connectivity index (χ0) is 12.5. The van der Waals surface area contributed by atoms with Crippen molar-refractivity contribution in [2.24, 2.45) is 11.3 Å². The molecule has 0 spiro atoms. The van der Waals surface area contributed by atoms with E-state index in [0.29, 0.717) is 5.41 Å². The molecule has 1 aliphatic rings. The SMILES string of the molecule is CC(C)C1(CNCc2cc(F)ccc2Br)CC1. The predicted octanol–water partition coefficient (Wildman–Crippen LogP) is 4.11. The molecular weight excluding hydrogens is 281 g/mol. The van der Waals surface area contributed by atoms with E-state index in [9.17, 15) is 4.39 Å². The van der Waals surface area contributed by atoms with Gasteiger partial charge in [-0.2, -0.15) is 0 Å². The van der Waals surface area contributed by atoms with Gasteiger partial charge in [0.25, 0.3) is 0 Å². The zero-order valence-corrected chi connectivity index (χ0v) is 12.0. The molecule has 1 saturated carbocycles. The molecule has 0 radical (unpaired) electrons. The molecule has 1 fully saturated rings. The summed E-state index contributed by atoms with van der Waals surface area (Å²) in [6.45, 7) is 6.33. The minimum absolute atomic E-state index is 0.171. The number of benzene rings is 1. The Bertz CT molecular complexity index is 399. The lowest BCUT2D eigenvalue weighted by atomic mass is 9.92. The molecule has 0 amide bonds. The monoisotopic (exact) mass is 299 g/mol. The molecule has 0 bridgehead atoms. The molecule has 0 atom stereocenters. The maximum absolute atomic E-state index is 13.1. The van der Waals surface area contributed by atoms with E-state index in [1.807, 2.05) is 0 Å². The second-order valence-electron chi connectivity index (χ2n) is 5.36. The normalized spacial score (nSPS) is 17.5. The molecule has 1 N–H and O–H groups in total. The Labute approximate surface area is 111 Å². The van der Waals surface area contributed by atoms with Crippen LogP contribution in [0.5, 0.6) is 0 Å². The molecule has 94 valence electrons. The Morgan fingerprint density at radius 2 is 2.12 bits per heavy atom. The number of nitrogens with one attached hydrogen (secondary N) is 1. The van der Waals surface area contributed by atoms with Gasteiger partial charge in [-0.05, 0) is 47.9 Å². The summed E-state index contributed by atoms with van der Waals surface area (Å²) in [6.07, 6.45) is 2.64. The molecule has 1 aromatic carbocycles. The van der Waals surface area contributed by atoms with Crippen LogP contribution in [0.3, 0.4) is 0 Å². The average molecular weight is 300 g/mol. The quantitative estimate of drug-likeness (QED) is 0.862. The summed E-state index contributed by atoms with van der Waals surface area (Å²) in [6, 6.07) is 4.83. The lowest BCUT2D eigenvalue weighted by molar-refractivity contribution is 0.337. The molecule has 2 rings (SSSR count). The maximum atomic E-state index is 13.1. The fraction of sp³-hybridized carbons (Fsp3) is 0.571. The zero-order valence-electron chi connectivity index (χ0n) is 10.4. The predicted molar refractivity (Wildman–Crippen MR) is 72.3 cm³/mol. The van der Waals surface area contributed by atoms with E-state index in [0.717, 1.165) is 29.0 Å². The minimum Gasteiger partial charge on any atom is -0.312 e. The van der Waals surface area contributed by atoms with Gasteiger partial charge in [0, 0.05) is 17.6 Å². The van der Waals surface area contributed by atoms with Gasteiger partial charge in [0.15, 0.2) is 0 Å². The summed E-state index contributed by atoms with van der Waals surface area (Å²) in [4.78, 5) is 0. The van der Waals surface area contributed by atoms with Crippen LogP contribution in [0.4, 0.5) is 4.39 Å². The fourth-order valence-corrected chi connectivity index (χ4v) is 2.63. The van der Waals surface area contributed by atoms with E-state index >= 15 is 0 Å². The molecule has 1 aliphatic carbocycles. The number of hydrogen-bond acceptors (Lipinski definition) is 1. The summed E-state index contributed by atoms with van der Waals surface area (Å²) in [5.41, 5.74) is 1.49. The molecule has 1 aromatic rings. The van der Waals surface area contributed by atoms with Gasteiger partial charge in [-0.1, -0.05) is 29.8 Å². The van der Waals surface area contributed by atoms with Crippen molar-refractivity contribution in [3.05, 3.63) is 34.1 Å². The third-order valence-electron chi connectivity index (χ3n) is 3.92. The van der Waals surface area contributed by atoms with Gasteiger partial charge in [-0.25, -0.2) is 4.39 Å². The van der Waals surface area contributed by atoms with E-state index in [2.05, 4.69) is 35.1 Å². The van der Waals surface area contributed by atoms with Crippen LogP contribution in [-0.4, -0.2) is 6.54 Å². The number of hydrogen-bond donors (Lipinski definition) is 1. The van der Waals surface area contributed by atoms with Crippen LogP contribution in [0.25, 0.3) is 0 Å². The molecule has 1 nitrogen and oxygen atoms in total. The molecule has 17 heavy (non-hydrogen) atoms. The lowest BCUT2D eigenvalue weighted by Gasteiger charge is -2.20. The topological polar surface area (TPSA) is 12.0 Å². The Morgan fingerprint density at radius 1 is 1.41 bits per heavy atom. The highest BCUT2D eigenvalue weighted by atomic mass is 79.9. The minimum atomic E-state index is -0.171. The second kappa shape index (κ2) is 5.07. The van der Waals surface area contributed by atoms with Crippen molar-refractivity contribution in [2.75, 3.05) is 6.54 Å². The molecule has 0 saturated heterocycles. The summed E-state index contributed by atoms with van der Waals surface area (Å²) in [5, 5.41) is 3.46. The van der Waals surface area contributed by atoms with Gasteiger partial charge in [-0.3, -0.25) is 0 Å². The first-order chi connectivity index (χ1) is 8.03. The highest BCUT2D eigenvalue weighted by Crippen LogP contribution is 2.51. The first kappa shape index (κ1) is 13.0. The van der Waals surface area contributed by atoms with E-state index in [4.69, 9.17) is 0 Å². The molecule has 3 heteroatoms. The molecule has 0 unspecified atom stereocenters. The average Bonchev–Trinajstić information content (AvgIpc) is 3.04. The van der Waals surface area contributed by atoms with E-state index in [1.54, 1.807) is 12.1 Å². The van der Waals surface area contributed by atoms with Crippen LogP contribution in [0, 0.1) is 17.2 Å². The van der Waals surface area contributed by atoms with Crippen LogP contribution in [0.1, 0.15) is 32.3 Å². The first-order valence-electron chi connectivity index (χ1n) is 6.18.